The number of imidazole rings is 1. The highest BCUT2D eigenvalue weighted by Crippen LogP contribution is 2.16. The van der Waals surface area contributed by atoms with Crippen molar-refractivity contribution < 1.29 is 0 Å². The van der Waals surface area contributed by atoms with Gasteiger partial charge in [-0.1, -0.05) is 11.4 Å². The van der Waals surface area contributed by atoms with Gasteiger partial charge in [-0.3, -0.25) is 0 Å². The molecule has 0 aromatic carbocycles. The van der Waals surface area contributed by atoms with Gasteiger partial charge in [0.25, 0.3) is 0 Å². The normalized spacial score (nSPS) is 12.8. The highest BCUT2D eigenvalue weighted by Gasteiger charge is 2.16. The fourth-order valence-electron chi connectivity index (χ4n) is 1.92. The van der Waals surface area contributed by atoms with Gasteiger partial charge in [-0.05, 0) is 31.4 Å². The molecule has 6 heteroatoms. The predicted octanol–water partition coefficient (Wildman–Crippen LogP) is 2.04. The summed E-state index contributed by atoms with van der Waals surface area (Å²) in [5.41, 5.74) is 1.01. The summed E-state index contributed by atoms with van der Waals surface area (Å²) in [5.74, 6) is 1.10. The Hall–Kier alpha value is -1.27. The van der Waals surface area contributed by atoms with E-state index in [1.165, 1.54) is 11.5 Å². The third-order valence-corrected chi connectivity index (χ3v) is 3.43. The van der Waals surface area contributed by atoms with E-state index in [2.05, 4.69) is 38.3 Å². The molecule has 1 N–H and O–H groups in total. The average molecular weight is 265 g/mol. The van der Waals surface area contributed by atoms with Crippen LogP contribution >= 0.6 is 11.5 Å². The molecule has 0 aliphatic carbocycles. The molecule has 0 radical (unpaired) electrons. The van der Waals surface area contributed by atoms with Gasteiger partial charge in [0.15, 0.2) is 0 Å². The standard InChI is InChI=1S/C12H19N5S/c1-3-5-13-10(11-9-18-16-15-11)8-12-14-6-7-17(12)4-2/h6-7,9-10,13H,3-5,8H2,1-2H3. The Balaban J connectivity index is 2.10. The van der Waals surface area contributed by atoms with E-state index in [4.69, 9.17) is 0 Å². The predicted molar refractivity (Wildman–Crippen MR) is 72.5 cm³/mol. The van der Waals surface area contributed by atoms with Crippen LogP contribution in [0.5, 0.6) is 0 Å². The van der Waals surface area contributed by atoms with E-state index < -0.39 is 0 Å². The molecule has 0 amide bonds. The highest BCUT2D eigenvalue weighted by molar-refractivity contribution is 7.03. The molecule has 0 aliphatic rings. The molecule has 0 aliphatic heterocycles. The molecule has 1 atom stereocenters. The van der Waals surface area contributed by atoms with Crippen molar-refractivity contribution in [2.24, 2.45) is 0 Å². The Labute approximate surface area is 111 Å². The van der Waals surface area contributed by atoms with Crippen LogP contribution < -0.4 is 5.32 Å². The zero-order valence-corrected chi connectivity index (χ0v) is 11.7. The second-order valence-corrected chi connectivity index (χ2v) is 4.78. The van der Waals surface area contributed by atoms with E-state index in [1.807, 2.05) is 17.8 Å². The third-order valence-electron chi connectivity index (χ3n) is 2.90. The molecule has 0 fully saturated rings. The van der Waals surface area contributed by atoms with Gasteiger partial charge in [0.1, 0.15) is 5.82 Å². The van der Waals surface area contributed by atoms with Crippen LogP contribution in [0.3, 0.4) is 0 Å². The van der Waals surface area contributed by atoms with Gasteiger partial charge < -0.3 is 9.88 Å². The fraction of sp³-hybridized carbons (Fsp3) is 0.583. The molecule has 1 unspecified atom stereocenters. The van der Waals surface area contributed by atoms with Gasteiger partial charge >= 0.3 is 0 Å². The quantitative estimate of drug-likeness (QED) is 0.832. The van der Waals surface area contributed by atoms with Gasteiger partial charge in [-0.2, -0.15) is 0 Å². The first-order chi connectivity index (χ1) is 8.85. The Morgan fingerprint density at radius 1 is 1.44 bits per heavy atom. The van der Waals surface area contributed by atoms with E-state index in [-0.39, 0.29) is 6.04 Å². The van der Waals surface area contributed by atoms with Crippen molar-refractivity contribution in [2.75, 3.05) is 6.54 Å². The van der Waals surface area contributed by atoms with Crippen molar-refractivity contribution in [3.05, 3.63) is 29.3 Å². The SMILES string of the molecule is CCCNC(Cc1nccn1CC)c1csnn1. The fourth-order valence-corrected chi connectivity index (χ4v) is 2.43. The van der Waals surface area contributed by atoms with Crippen molar-refractivity contribution in [1.29, 1.82) is 0 Å². The molecule has 5 nitrogen and oxygen atoms in total. The van der Waals surface area contributed by atoms with E-state index >= 15 is 0 Å². The van der Waals surface area contributed by atoms with Crippen LogP contribution in [0.1, 0.15) is 37.8 Å². The smallest absolute Gasteiger partial charge is 0.110 e. The summed E-state index contributed by atoms with van der Waals surface area (Å²) in [5, 5.41) is 9.69. The van der Waals surface area contributed by atoms with Crippen LogP contribution in [-0.2, 0) is 13.0 Å². The van der Waals surface area contributed by atoms with Crippen molar-refractivity contribution in [2.45, 2.75) is 39.3 Å². The largest absolute Gasteiger partial charge is 0.335 e. The van der Waals surface area contributed by atoms with Crippen LogP contribution in [-0.4, -0.2) is 25.7 Å². The molecular weight excluding hydrogens is 246 g/mol. The van der Waals surface area contributed by atoms with E-state index in [1.54, 1.807) is 0 Å². The van der Waals surface area contributed by atoms with E-state index in [0.717, 1.165) is 37.4 Å². The molecule has 0 spiro atoms. The lowest BCUT2D eigenvalue weighted by atomic mass is 10.1. The molecule has 0 bridgehead atoms. The summed E-state index contributed by atoms with van der Waals surface area (Å²) in [6.07, 6.45) is 5.84. The van der Waals surface area contributed by atoms with Crippen LogP contribution in [0.25, 0.3) is 0 Å². The summed E-state index contributed by atoms with van der Waals surface area (Å²) in [6, 6.07) is 0.205. The number of aromatic nitrogens is 4. The highest BCUT2D eigenvalue weighted by atomic mass is 32.1. The first-order valence-electron chi connectivity index (χ1n) is 6.35. The van der Waals surface area contributed by atoms with Gasteiger partial charge in [0.2, 0.25) is 0 Å². The lowest BCUT2D eigenvalue weighted by Gasteiger charge is -2.16. The maximum atomic E-state index is 4.42. The minimum atomic E-state index is 0.205. The summed E-state index contributed by atoms with van der Waals surface area (Å²) < 4.78 is 6.11. The molecule has 2 aromatic rings. The van der Waals surface area contributed by atoms with Crippen molar-refractivity contribution in [3.63, 3.8) is 0 Å². The van der Waals surface area contributed by atoms with Gasteiger partial charge in [0.05, 0.1) is 11.7 Å². The monoisotopic (exact) mass is 265 g/mol. The van der Waals surface area contributed by atoms with Gasteiger partial charge in [0, 0.05) is 30.7 Å². The molecule has 2 aromatic heterocycles. The summed E-state index contributed by atoms with van der Waals surface area (Å²) >= 11 is 1.40. The molecule has 0 saturated heterocycles. The van der Waals surface area contributed by atoms with Crippen LogP contribution in [0.15, 0.2) is 17.8 Å². The maximum absolute atomic E-state index is 4.42. The average Bonchev–Trinajstić information content (AvgIpc) is 3.04. The zero-order chi connectivity index (χ0) is 12.8. The number of aryl methyl sites for hydroxylation is 1. The number of hydrogen-bond acceptors (Lipinski definition) is 5. The summed E-state index contributed by atoms with van der Waals surface area (Å²) in [4.78, 5) is 4.42. The lowest BCUT2D eigenvalue weighted by Crippen LogP contribution is -2.25. The second-order valence-electron chi connectivity index (χ2n) is 4.17. The summed E-state index contributed by atoms with van der Waals surface area (Å²) in [6.45, 7) is 6.22. The van der Waals surface area contributed by atoms with Crippen molar-refractivity contribution in [3.8, 4) is 0 Å². The molecular formula is C12H19N5S. The number of hydrogen-bond donors (Lipinski definition) is 1. The molecule has 18 heavy (non-hydrogen) atoms. The lowest BCUT2D eigenvalue weighted by molar-refractivity contribution is 0.496. The zero-order valence-electron chi connectivity index (χ0n) is 10.8. The Morgan fingerprint density at radius 3 is 3.00 bits per heavy atom. The Morgan fingerprint density at radius 2 is 2.33 bits per heavy atom. The summed E-state index contributed by atoms with van der Waals surface area (Å²) in [7, 11) is 0. The molecule has 98 valence electrons. The molecule has 2 rings (SSSR count). The van der Waals surface area contributed by atoms with Gasteiger partial charge in [-0.25, -0.2) is 4.98 Å². The van der Waals surface area contributed by atoms with E-state index in [9.17, 15) is 0 Å². The minimum absolute atomic E-state index is 0.205. The van der Waals surface area contributed by atoms with Gasteiger partial charge in [-0.15, -0.1) is 5.10 Å². The second kappa shape index (κ2) is 6.61. The Bertz CT molecular complexity index is 451. The topological polar surface area (TPSA) is 55.6 Å². The first-order valence-corrected chi connectivity index (χ1v) is 7.19. The van der Waals surface area contributed by atoms with Crippen LogP contribution in [0.4, 0.5) is 0 Å². The minimum Gasteiger partial charge on any atom is -0.335 e. The van der Waals surface area contributed by atoms with Crippen molar-refractivity contribution in [1.82, 2.24) is 24.5 Å². The third kappa shape index (κ3) is 3.14. The Kier molecular flexibility index (Phi) is 4.83. The number of rotatable bonds is 7. The van der Waals surface area contributed by atoms with Crippen molar-refractivity contribution >= 4 is 11.5 Å². The van der Waals surface area contributed by atoms with Crippen LogP contribution in [0.2, 0.25) is 0 Å². The molecule has 0 saturated carbocycles. The maximum Gasteiger partial charge on any atom is 0.110 e. The first kappa shape index (κ1) is 13.2. The number of nitrogens with one attached hydrogen (secondary N) is 1. The van der Waals surface area contributed by atoms with Crippen LogP contribution in [0, 0.1) is 0 Å². The van der Waals surface area contributed by atoms with E-state index in [0.29, 0.717) is 0 Å². The molecule has 2 heterocycles. The number of nitrogens with zero attached hydrogens (tertiary/aromatic N) is 4.